The molecule has 0 atom stereocenters. The molecule has 0 radical (unpaired) electrons. The first-order valence-electron chi connectivity index (χ1n) is 7.74. The zero-order valence-corrected chi connectivity index (χ0v) is 16.0. The lowest BCUT2D eigenvalue weighted by Crippen LogP contribution is -2.40. The minimum atomic E-state index is -0.0144. The van der Waals surface area contributed by atoms with Crippen molar-refractivity contribution >= 4 is 41.5 Å². The van der Waals surface area contributed by atoms with Gasteiger partial charge in [0.25, 0.3) is 5.91 Å². The first-order valence-corrected chi connectivity index (χ1v) is 7.74. The summed E-state index contributed by atoms with van der Waals surface area (Å²) in [5.41, 5.74) is 6.77. The number of amides is 1. The number of carbonyl (C=O) groups excluding carboxylic acids is 1. The molecular weight excluding hydrogens is 407 g/mol. The average molecular weight is 432 g/mol. The van der Waals surface area contributed by atoms with E-state index < -0.39 is 0 Å². The van der Waals surface area contributed by atoms with Gasteiger partial charge in [-0.15, -0.1) is 24.0 Å². The van der Waals surface area contributed by atoms with Crippen LogP contribution in [0.4, 0.5) is 5.69 Å². The first kappa shape index (κ1) is 19.5. The number of anilines is 1. The van der Waals surface area contributed by atoms with Gasteiger partial charge in [0.05, 0.1) is 5.69 Å². The molecule has 1 aromatic rings. The number of halogens is 1. The van der Waals surface area contributed by atoms with E-state index in [-0.39, 0.29) is 36.5 Å². The number of hydrogen-bond donors (Lipinski definition) is 1. The van der Waals surface area contributed by atoms with E-state index >= 15 is 0 Å². The van der Waals surface area contributed by atoms with Gasteiger partial charge in [0.2, 0.25) is 0 Å². The van der Waals surface area contributed by atoms with Gasteiger partial charge in [-0.25, -0.2) is 0 Å². The molecule has 23 heavy (non-hydrogen) atoms. The molecule has 0 bridgehead atoms. The summed E-state index contributed by atoms with van der Waals surface area (Å²) in [7, 11) is 0. The fraction of sp³-hybridized carbons (Fsp3) is 0.500. The van der Waals surface area contributed by atoms with Crippen LogP contribution in [0.1, 0.15) is 20.3 Å². The van der Waals surface area contributed by atoms with E-state index in [0.717, 1.165) is 30.9 Å². The van der Waals surface area contributed by atoms with Crippen LogP contribution in [0, 0.1) is 0 Å². The molecule has 6 nitrogen and oxygen atoms in total. The summed E-state index contributed by atoms with van der Waals surface area (Å²) < 4.78 is 5.43. The Morgan fingerprint density at radius 3 is 2.74 bits per heavy atom. The zero-order valence-electron chi connectivity index (χ0n) is 13.7. The van der Waals surface area contributed by atoms with Crippen LogP contribution in [0.15, 0.2) is 29.3 Å². The lowest BCUT2D eigenvalue weighted by Gasteiger charge is -2.29. The van der Waals surface area contributed by atoms with Crippen molar-refractivity contribution in [3.63, 3.8) is 0 Å². The smallest absolute Gasteiger partial charge is 0.265 e. The second-order valence-electron chi connectivity index (χ2n) is 5.07. The van der Waals surface area contributed by atoms with Crippen LogP contribution in [0.3, 0.4) is 0 Å². The van der Waals surface area contributed by atoms with Crippen molar-refractivity contribution < 1.29 is 9.53 Å². The number of nitrogens with two attached hydrogens (primary N) is 1. The van der Waals surface area contributed by atoms with E-state index in [4.69, 9.17) is 10.5 Å². The van der Waals surface area contributed by atoms with Crippen LogP contribution in [-0.2, 0) is 4.79 Å². The monoisotopic (exact) mass is 432 g/mol. The second-order valence-corrected chi connectivity index (χ2v) is 5.07. The lowest BCUT2D eigenvalue weighted by molar-refractivity contribution is -0.121. The predicted octanol–water partition coefficient (Wildman–Crippen LogP) is 2.08. The molecule has 1 amide bonds. The highest BCUT2D eigenvalue weighted by Gasteiger charge is 2.24. The Hall–Kier alpha value is -1.51. The molecule has 1 aliphatic heterocycles. The highest BCUT2D eigenvalue weighted by molar-refractivity contribution is 14.0. The van der Waals surface area contributed by atoms with E-state index in [9.17, 15) is 4.79 Å². The van der Waals surface area contributed by atoms with Crippen LogP contribution < -0.4 is 15.4 Å². The molecule has 128 valence electrons. The van der Waals surface area contributed by atoms with Crippen molar-refractivity contribution in [3.05, 3.63) is 24.3 Å². The molecule has 1 aliphatic rings. The highest BCUT2D eigenvalue weighted by Crippen LogP contribution is 2.31. The third kappa shape index (κ3) is 4.98. The molecule has 2 N–H and O–H groups in total. The van der Waals surface area contributed by atoms with E-state index in [1.807, 2.05) is 29.2 Å². The fourth-order valence-corrected chi connectivity index (χ4v) is 2.47. The topological polar surface area (TPSA) is 71.2 Å². The molecule has 0 fully saturated rings. The van der Waals surface area contributed by atoms with Crippen molar-refractivity contribution in [1.82, 2.24) is 4.90 Å². The molecule has 1 aromatic carbocycles. The van der Waals surface area contributed by atoms with E-state index in [2.05, 4.69) is 18.8 Å². The van der Waals surface area contributed by atoms with Gasteiger partial charge in [0, 0.05) is 26.2 Å². The van der Waals surface area contributed by atoms with E-state index in [1.54, 1.807) is 4.90 Å². The third-order valence-electron chi connectivity index (χ3n) is 3.71. The molecular formula is C16H25IN4O2. The Bertz CT molecular complexity index is 547. The summed E-state index contributed by atoms with van der Waals surface area (Å²) in [4.78, 5) is 20.2. The number of ether oxygens (including phenoxy) is 1. The standard InChI is InChI=1S/C16H24N4O2.HI/c1-3-19(4-2)16(17)18-10-7-11-20-13-8-5-6-9-14(13)22-12-15(20)21;/h5-6,8-9H,3-4,7,10-12H2,1-2H3,(H2,17,18);1H. The minimum Gasteiger partial charge on any atom is -0.482 e. The molecule has 0 aromatic heterocycles. The van der Waals surface area contributed by atoms with Crippen LogP contribution in [0.2, 0.25) is 0 Å². The summed E-state index contributed by atoms with van der Waals surface area (Å²) >= 11 is 0. The lowest BCUT2D eigenvalue weighted by atomic mass is 10.2. The van der Waals surface area contributed by atoms with Crippen LogP contribution >= 0.6 is 24.0 Å². The van der Waals surface area contributed by atoms with Gasteiger partial charge in [-0.2, -0.15) is 0 Å². The number of carbonyl (C=O) groups is 1. The fourth-order valence-electron chi connectivity index (χ4n) is 2.47. The Balaban J connectivity index is 0.00000264. The van der Waals surface area contributed by atoms with Crippen molar-refractivity contribution in [2.24, 2.45) is 10.7 Å². The van der Waals surface area contributed by atoms with Gasteiger partial charge in [-0.3, -0.25) is 9.79 Å². The van der Waals surface area contributed by atoms with Crippen molar-refractivity contribution in [2.45, 2.75) is 20.3 Å². The number of fused-ring (bicyclic) bond motifs is 1. The summed E-state index contributed by atoms with van der Waals surface area (Å²) in [5, 5.41) is 0. The molecule has 7 heteroatoms. The van der Waals surface area contributed by atoms with Crippen LogP contribution in [0.25, 0.3) is 0 Å². The average Bonchev–Trinajstić information content (AvgIpc) is 2.54. The van der Waals surface area contributed by atoms with Crippen LogP contribution in [0.5, 0.6) is 5.75 Å². The molecule has 0 spiro atoms. The maximum absolute atomic E-state index is 12.0. The molecule has 2 rings (SSSR count). The van der Waals surface area contributed by atoms with Crippen molar-refractivity contribution in [2.75, 3.05) is 37.7 Å². The first-order chi connectivity index (χ1) is 10.7. The molecule has 0 saturated carbocycles. The number of hydrogen-bond acceptors (Lipinski definition) is 3. The molecule has 0 saturated heterocycles. The normalized spacial score (nSPS) is 13.9. The predicted molar refractivity (Wildman–Crippen MR) is 104 cm³/mol. The number of para-hydroxylation sites is 2. The molecule has 1 heterocycles. The largest absolute Gasteiger partial charge is 0.482 e. The quantitative estimate of drug-likeness (QED) is 0.324. The van der Waals surface area contributed by atoms with E-state index in [0.29, 0.717) is 19.0 Å². The van der Waals surface area contributed by atoms with Crippen molar-refractivity contribution in [3.8, 4) is 5.75 Å². The Labute approximate surface area is 154 Å². The summed E-state index contributed by atoms with van der Waals surface area (Å²) in [6.07, 6.45) is 0.766. The van der Waals surface area contributed by atoms with Crippen LogP contribution in [-0.4, -0.2) is 49.6 Å². The highest BCUT2D eigenvalue weighted by atomic mass is 127. The van der Waals surface area contributed by atoms with Gasteiger partial charge in [0.1, 0.15) is 5.75 Å². The van der Waals surface area contributed by atoms with Gasteiger partial charge < -0.3 is 20.3 Å². The van der Waals surface area contributed by atoms with Gasteiger partial charge >= 0.3 is 0 Å². The molecule has 0 aliphatic carbocycles. The summed E-state index contributed by atoms with van der Waals surface area (Å²) in [5.74, 6) is 1.31. The summed E-state index contributed by atoms with van der Waals surface area (Å²) in [6, 6.07) is 7.59. The Morgan fingerprint density at radius 1 is 1.35 bits per heavy atom. The second kappa shape index (κ2) is 9.59. The maximum Gasteiger partial charge on any atom is 0.265 e. The number of benzene rings is 1. The van der Waals surface area contributed by atoms with Crippen molar-refractivity contribution in [1.29, 1.82) is 0 Å². The molecule has 0 unspecified atom stereocenters. The SMILES string of the molecule is CCN(CC)C(N)=NCCCN1C(=O)COc2ccccc21.I. The van der Waals surface area contributed by atoms with Gasteiger partial charge in [0.15, 0.2) is 12.6 Å². The Kier molecular flexibility index (Phi) is 8.15. The minimum absolute atomic E-state index is 0. The number of nitrogens with zero attached hydrogens (tertiary/aromatic N) is 3. The zero-order chi connectivity index (χ0) is 15.9. The maximum atomic E-state index is 12.0. The number of guanidine groups is 1. The number of aliphatic imine (C=N–C) groups is 1. The van der Waals surface area contributed by atoms with E-state index in [1.165, 1.54) is 0 Å². The Morgan fingerprint density at radius 2 is 2.04 bits per heavy atom. The summed E-state index contributed by atoms with van der Waals surface area (Å²) in [6.45, 7) is 7.12. The van der Waals surface area contributed by atoms with Gasteiger partial charge in [-0.1, -0.05) is 12.1 Å². The van der Waals surface area contributed by atoms with Gasteiger partial charge in [-0.05, 0) is 32.4 Å². The number of rotatable bonds is 6. The third-order valence-corrected chi connectivity index (χ3v) is 3.71.